The topological polar surface area (TPSA) is 103 Å². The number of hydrogen-bond acceptors (Lipinski definition) is 8. The molecule has 1 saturated heterocycles. The molecule has 8 rings (SSSR count). The molecule has 0 saturated carbocycles. The van der Waals surface area contributed by atoms with Gasteiger partial charge in [-0.1, -0.05) is 24.3 Å². The van der Waals surface area contributed by atoms with Crippen LogP contribution in [0.5, 0.6) is 5.75 Å². The van der Waals surface area contributed by atoms with Crippen LogP contribution in [0.25, 0.3) is 38.9 Å². The monoisotopic (exact) mass is 650 g/mol. The lowest BCUT2D eigenvalue weighted by Crippen LogP contribution is -2.47. The molecule has 13 heteroatoms. The molecule has 6 aromatic rings. The van der Waals surface area contributed by atoms with E-state index in [1.54, 1.807) is 19.1 Å². The molecule has 2 aliphatic rings. The molecule has 0 N–H and O–H groups in total. The largest absolute Gasteiger partial charge is 0.488 e. The van der Waals surface area contributed by atoms with Crippen LogP contribution >= 0.6 is 0 Å². The van der Waals surface area contributed by atoms with Crippen LogP contribution in [0.2, 0.25) is 0 Å². The van der Waals surface area contributed by atoms with Crippen molar-refractivity contribution in [2.24, 2.45) is 0 Å². The fourth-order valence-electron chi connectivity index (χ4n) is 6.99. The molecule has 5 heterocycles. The van der Waals surface area contributed by atoms with E-state index in [1.807, 2.05) is 42.2 Å². The summed E-state index contributed by atoms with van der Waals surface area (Å²) in [5.74, 6) is 0.405. The molecular formula is C35H32F2N8O3. The van der Waals surface area contributed by atoms with Crippen LogP contribution < -0.4 is 9.64 Å². The van der Waals surface area contributed by atoms with E-state index in [2.05, 4.69) is 31.8 Å². The van der Waals surface area contributed by atoms with Gasteiger partial charge in [0.05, 0.1) is 41.8 Å². The Bertz CT molecular complexity index is 2200. The predicted octanol–water partition coefficient (Wildman–Crippen LogP) is 4.93. The van der Waals surface area contributed by atoms with E-state index in [4.69, 9.17) is 14.5 Å². The Balaban J connectivity index is 1.22. The van der Waals surface area contributed by atoms with Gasteiger partial charge >= 0.3 is 0 Å². The highest BCUT2D eigenvalue weighted by atomic mass is 19.1. The van der Waals surface area contributed by atoms with Crippen LogP contribution in [0.15, 0.2) is 73.2 Å². The highest BCUT2D eigenvalue weighted by molar-refractivity contribution is 5.94. The number of amides is 1. The van der Waals surface area contributed by atoms with Gasteiger partial charge in [0.1, 0.15) is 47.4 Å². The second kappa shape index (κ2) is 11.7. The van der Waals surface area contributed by atoms with Crippen molar-refractivity contribution in [1.82, 2.24) is 34.2 Å². The number of nitrogens with zero attached hydrogens (tertiary/aromatic N) is 8. The molecule has 4 bridgehead atoms. The molecule has 0 spiro atoms. The molecule has 0 aliphatic carbocycles. The van der Waals surface area contributed by atoms with Crippen molar-refractivity contribution >= 4 is 33.8 Å². The summed E-state index contributed by atoms with van der Waals surface area (Å²) in [7, 11) is 3.43. The minimum Gasteiger partial charge on any atom is -0.488 e. The van der Waals surface area contributed by atoms with Gasteiger partial charge in [-0.2, -0.15) is 5.10 Å². The number of rotatable bonds is 3. The van der Waals surface area contributed by atoms with Crippen LogP contribution in [-0.4, -0.2) is 85.6 Å². The minimum absolute atomic E-state index is 0.0462. The summed E-state index contributed by atoms with van der Waals surface area (Å²) in [6, 6.07) is 16.7. The first-order valence-electron chi connectivity index (χ1n) is 15.7. The summed E-state index contributed by atoms with van der Waals surface area (Å²) >= 11 is 0. The molecule has 48 heavy (non-hydrogen) atoms. The number of ether oxygens (including phenoxy) is 2. The number of para-hydroxylation sites is 1. The van der Waals surface area contributed by atoms with Gasteiger partial charge in [-0.05, 0) is 42.8 Å². The Morgan fingerprint density at radius 1 is 1.00 bits per heavy atom. The summed E-state index contributed by atoms with van der Waals surface area (Å²) in [4.78, 5) is 31.7. The average Bonchev–Trinajstić information content (AvgIpc) is 3.79. The summed E-state index contributed by atoms with van der Waals surface area (Å²) in [6.45, 7) is 3.16. The molecule has 11 nitrogen and oxygen atoms in total. The number of halogens is 2. The number of aromatic nitrogens is 6. The maximum Gasteiger partial charge on any atom is 0.245 e. The van der Waals surface area contributed by atoms with Gasteiger partial charge in [0.25, 0.3) is 0 Å². The average molecular weight is 651 g/mol. The maximum absolute atomic E-state index is 14.8. The van der Waals surface area contributed by atoms with E-state index < -0.39 is 17.7 Å². The summed E-state index contributed by atoms with van der Waals surface area (Å²) < 4.78 is 44.5. The number of hydrogen-bond donors (Lipinski definition) is 0. The molecule has 244 valence electrons. The zero-order chi connectivity index (χ0) is 33.1. The number of methoxy groups -OCH3 is 1. The van der Waals surface area contributed by atoms with Crippen LogP contribution in [0.3, 0.4) is 0 Å². The fraction of sp³-hybridized carbons (Fsp3) is 0.286. The zero-order valence-corrected chi connectivity index (χ0v) is 26.5. The van der Waals surface area contributed by atoms with E-state index in [9.17, 15) is 13.6 Å². The molecule has 3 aromatic carbocycles. The molecule has 3 atom stereocenters. The Kier molecular flexibility index (Phi) is 7.28. The van der Waals surface area contributed by atoms with Gasteiger partial charge in [0, 0.05) is 38.8 Å². The first-order valence-corrected chi connectivity index (χ1v) is 15.7. The van der Waals surface area contributed by atoms with Crippen molar-refractivity contribution in [2.45, 2.75) is 38.1 Å². The van der Waals surface area contributed by atoms with E-state index in [0.29, 0.717) is 48.7 Å². The summed E-state index contributed by atoms with van der Waals surface area (Å²) in [5.41, 5.74) is 4.27. The molecule has 0 unspecified atom stereocenters. The van der Waals surface area contributed by atoms with Crippen LogP contribution in [0.1, 0.15) is 12.2 Å². The van der Waals surface area contributed by atoms with E-state index in [0.717, 1.165) is 40.1 Å². The summed E-state index contributed by atoms with van der Waals surface area (Å²) in [6.07, 6.45) is 2.61. The van der Waals surface area contributed by atoms with Gasteiger partial charge in [0.2, 0.25) is 5.91 Å². The van der Waals surface area contributed by atoms with Gasteiger partial charge < -0.3 is 23.8 Å². The number of aryl methyl sites for hydroxylation is 1. The van der Waals surface area contributed by atoms with Gasteiger partial charge in [-0.15, -0.1) is 0 Å². The minimum atomic E-state index is -0.776. The maximum atomic E-state index is 14.8. The number of benzene rings is 3. The van der Waals surface area contributed by atoms with Crippen LogP contribution in [0, 0.1) is 18.6 Å². The Morgan fingerprint density at radius 2 is 1.85 bits per heavy atom. The number of imidazole rings is 1. The normalized spacial score (nSPS) is 19.9. The fourth-order valence-corrected chi connectivity index (χ4v) is 6.99. The van der Waals surface area contributed by atoms with Crippen LogP contribution in [-0.2, 0) is 16.1 Å². The Labute approximate surface area is 274 Å². The number of likely N-dealkylation sites (N-methyl/N-ethyl adjacent to an activating group) is 1. The second-order valence-corrected chi connectivity index (χ2v) is 12.3. The number of anilines is 1. The number of fused-ring (bicyclic) bond motifs is 6. The van der Waals surface area contributed by atoms with Gasteiger partial charge in [0.15, 0.2) is 11.5 Å². The van der Waals surface area contributed by atoms with E-state index in [1.165, 1.54) is 23.3 Å². The number of carbonyl (C=O) groups is 1. The standard InChI is InChI=1S/C35H32F2N8O3/c1-20-41-29-9-5-8-26-21-6-4-7-23(12-21)48-24-14-31(35(46)42(2)16-25(47-3)18-43(20)32(26)29)44(17-24)33-27-15-40-45(34(27)39-19-38-33)30-11-10-22(36)13-28(30)37/h4-13,15,19,24-25,31H,14,16-18H2,1-3H3/t24-,25+,31-/m0/s1. The third-order valence-electron chi connectivity index (χ3n) is 9.28. The second-order valence-electron chi connectivity index (χ2n) is 12.3. The Morgan fingerprint density at radius 3 is 2.69 bits per heavy atom. The predicted molar refractivity (Wildman–Crippen MR) is 175 cm³/mol. The zero-order valence-electron chi connectivity index (χ0n) is 26.5. The van der Waals surface area contributed by atoms with Crippen molar-refractivity contribution in [3.8, 4) is 22.6 Å². The van der Waals surface area contributed by atoms with E-state index in [-0.39, 0.29) is 23.8 Å². The van der Waals surface area contributed by atoms with Gasteiger partial charge in [-0.25, -0.2) is 28.4 Å². The molecule has 1 fully saturated rings. The van der Waals surface area contributed by atoms with E-state index >= 15 is 0 Å². The summed E-state index contributed by atoms with van der Waals surface area (Å²) in [5, 5.41) is 4.90. The smallest absolute Gasteiger partial charge is 0.245 e. The molecule has 0 radical (unpaired) electrons. The molecule has 2 aliphatic heterocycles. The quantitative estimate of drug-likeness (QED) is 0.266. The third-order valence-corrected chi connectivity index (χ3v) is 9.28. The first kappa shape index (κ1) is 29.9. The third kappa shape index (κ3) is 5.01. The van der Waals surface area contributed by atoms with Crippen molar-refractivity contribution in [3.05, 3.63) is 90.6 Å². The number of carbonyl (C=O) groups excluding carboxylic acids is 1. The SMILES string of the molecule is CO[C@@H]1CN(C)C(=O)[C@@H]2C[C@@H](CN2c2ncnc3c2cnn3-c2ccc(F)cc2F)Oc2cccc(c2)-c2cccc3nc(C)n(c23)C1. The van der Waals surface area contributed by atoms with Gasteiger partial charge in [-0.3, -0.25) is 4.79 Å². The highest BCUT2D eigenvalue weighted by Crippen LogP contribution is 2.36. The van der Waals surface area contributed by atoms with Crippen molar-refractivity contribution < 1.29 is 23.0 Å². The van der Waals surface area contributed by atoms with Crippen molar-refractivity contribution in [1.29, 1.82) is 0 Å². The lowest BCUT2D eigenvalue weighted by Gasteiger charge is -2.30. The lowest BCUT2D eigenvalue weighted by molar-refractivity contribution is -0.133. The first-order chi connectivity index (χ1) is 23.3. The Hall–Kier alpha value is -5.43. The lowest BCUT2D eigenvalue weighted by atomic mass is 10.0. The molecular weight excluding hydrogens is 618 g/mol. The highest BCUT2D eigenvalue weighted by Gasteiger charge is 2.41. The molecule has 1 amide bonds. The van der Waals surface area contributed by atoms with Crippen LogP contribution in [0.4, 0.5) is 14.6 Å². The molecule has 3 aromatic heterocycles. The van der Waals surface area contributed by atoms with Crippen molar-refractivity contribution in [2.75, 3.05) is 32.1 Å². The van der Waals surface area contributed by atoms with Crippen molar-refractivity contribution in [3.63, 3.8) is 0 Å².